The summed E-state index contributed by atoms with van der Waals surface area (Å²) in [6, 6.07) is 12.5. The molecule has 0 saturated carbocycles. The summed E-state index contributed by atoms with van der Waals surface area (Å²) in [4.78, 5) is 19.2. The molecule has 10 heteroatoms. The van der Waals surface area contributed by atoms with E-state index in [1.807, 2.05) is 0 Å². The van der Waals surface area contributed by atoms with Gasteiger partial charge in [0.05, 0.1) is 25.7 Å². The van der Waals surface area contributed by atoms with Gasteiger partial charge in [-0.05, 0) is 52.3 Å². The Balaban J connectivity index is 1.70. The Morgan fingerprint density at radius 1 is 1.17 bits per heavy atom. The number of nitrogens with zero attached hydrogens (tertiary/aromatic N) is 3. The van der Waals surface area contributed by atoms with Gasteiger partial charge in [0.2, 0.25) is 5.89 Å². The van der Waals surface area contributed by atoms with Crippen molar-refractivity contribution in [1.82, 2.24) is 4.98 Å². The fraction of sp³-hybridized carbons (Fsp3) is 0. The number of hydrogen-bond donors (Lipinski definition) is 1. The van der Waals surface area contributed by atoms with Crippen LogP contribution in [0.25, 0.3) is 22.6 Å². The molecule has 1 heterocycles. The first kappa shape index (κ1) is 20.3. The molecule has 4 rings (SSSR count). The number of phenols is 1. The highest BCUT2D eigenvalue weighted by Gasteiger charge is 2.15. The topological polar surface area (TPSA) is 102 Å². The standard InChI is InChI=1S/C20H10BrCl2N3O4/c21-15-8-13(26(28)29)5-10(19(15)27)9-24-12-2-4-18-17(7-12)25-20(30-18)14-6-11(22)1-3-16(14)23/h1-9,27H. The van der Waals surface area contributed by atoms with Crippen LogP contribution in [0.2, 0.25) is 10.0 Å². The fourth-order valence-corrected chi connectivity index (χ4v) is 3.56. The highest BCUT2D eigenvalue weighted by Crippen LogP contribution is 2.34. The first-order valence-corrected chi connectivity index (χ1v) is 9.93. The molecule has 0 bridgehead atoms. The zero-order chi connectivity index (χ0) is 21.4. The second-order valence-corrected chi connectivity index (χ2v) is 7.87. The monoisotopic (exact) mass is 505 g/mol. The quantitative estimate of drug-likeness (QED) is 0.183. The lowest BCUT2D eigenvalue weighted by Crippen LogP contribution is -1.91. The van der Waals surface area contributed by atoms with Crippen molar-refractivity contribution in [2.24, 2.45) is 4.99 Å². The number of nitro groups is 1. The molecule has 0 saturated heterocycles. The van der Waals surface area contributed by atoms with Gasteiger partial charge in [-0.2, -0.15) is 0 Å². The van der Waals surface area contributed by atoms with E-state index in [0.29, 0.717) is 38.3 Å². The molecule has 0 aliphatic rings. The highest BCUT2D eigenvalue weighted by atomic mass is 79.9. The molecule has 0 fully saturated rings. The molecule has 3 aromatic carbocycles. The molecular formula is C20H10BrCl2N3O4. The number of rotatable bonds is 4. The number of oxazole rings is 1. The predicted octanol–water partition coefficient (Wildman–Crippen LogP) is 6.93. The van der Waals surface area contributed by atoms with Crippen molar-refractivity contribution in [2.45, 2.75) is 0 Å². The lowest BCUT2D eigenvalue weighted by molar-refractivity contribution is -0.385. The average molecular weight is 507 g/mol. The number of hydrogen-bond acceptors (Lipinski definition) is 6. The maximum absolute atomic E-state index is 11.0. The Labute approximate surface area is 187 Å². The molecule has 0 amide bonds. The van der Waals surface area contributed by atoms with Crippen LogP contribution in [0.15, 0.2) is 62.4 Å². The number of halogens is 3. The van der Waals surface area contributed by atoms with Crippen LogP contribution in [0, 0.1) is 10.1 Å². The van der Waals surface area contributed by atoms with Gasteiger partial charge in [-0.1, -0.05) is 23.2 Å². The molecule has 1 aromatic heterocycles. The summed E-state index contributed by atoms with van der Waals surface area (Å²) >= 11 is 15.3. The first-order chi connectivity index (χ1) is 14.3. The van der Waals surface area contributed by atoms with Crippen LogP contribution >= 0.6 is 39.1 Å². The normalized spacial score (nSPS) is 11.4. The van der Waals surface area contributed by atoms with Gasteiger partial charge in [-0.3, -0.25) is 15.1 Å². The molecule has 1 N–H and O–H groups in total. The van der Waals surface area contributed by atoms with E-state index in [2.05, 4.69) is 25.9 Å². The third-order valence-corrected chi connectivity index (χ3v) is 5.34. The number of fused-ring (bicyclic) bond motifs is 1. The SMILES string of the molecule is O=[N+]([O-])c1cc(Br)c(O)c(C=Nc2ccc3oc(-c4cc(Cl)ccc4Cl)nc3c2)c1. The van der Waals surface area contributed by atoms with Crippen LogP contribution in [-0.2, 0) is 0 Å². The molecule has 0 unspecified atom stereocenters. The summed E-state index contributed by atoms with van der Waals surface area (Å²) in [6.45, 7) is 0. The zero-order valence-electron chi connectivity index (χ0n) is 14.8. The second kappa shape index (κ2) is 8.06. The fourth-order valence-electron chi connectivity index (χ4n) is 2.73. The Morgan fingerprint density at radius 2 is 1.97 bits per heavy atom. The van der Waals surface area contributed by atoms with Crippen LogP contribution in [0.4, 0.5) is 11.4 Å². The van der Waals surface area contributed by atoms with Gasteiger partial charge in [0, 0.05) is 28.9 Å². The maximum atomic E-state index is 11.0. The number of aromatic hydroxyl groups is 1. The largest absolute Gasteiger partial charge is 0.506 e. The van der Waals surface area contributed by atoms with Crippen molar-refractivity contribution in [1.29, 1.82) is 0 Å². The smallest absolute Gasteiger partial charge is 0.271 e. The molecule has 7 nitrogen and oxygen atoms in total. The van der Waals surface area contributed by atoms with Crippen LogP contribution in [0.3, 0.4) is 0 Å². The Bertz CT molecular complexity index is 1340. The van der Waals surface area contributed by atoms with E-state index in [4.69, 9.17) is 27.6 Å². The van der Waals surface area contributed by atoms with Gasteiger partial charge < -0.3 is 9.52 Å². The van der Waals surface area contributed by atoms with Gasteiger partial charge in [0.15, 0.2) is 5.58 Å². The molecule has 0 atom stereocenters. The van der Waals surface area contributed by atoms with E-state index in [1.165, 1.54) is 18.3 Å². The number of benzene rings is 3. The van der Waals surface area contributed by atoms with E-state index < -0.39 is 4.92 Å². The maximum Gasteiger partial charge on any atom is 0.271 e. The van der Waals surface area contributed by atoms with Crippen molar-refractivity contribution < 1.29 is 14.4 Å². The molecule has 0 aliphatic carbocycles. The highest BCUT2D eigenvalue weighted by molar-refractivity contribution is 9.10. The van der Waals surface area contributed by atoms with E-state index in [-0.39, 0.29) is 21.5 Å². The molecule has 30 heavy (non-hydrogen) atoms. The number of aliphatic imine (C=N–C) groups is 1. The minimum atomic E-state index is -0.550. The summed E-state index contributed by atoms with van der Waals surface area (Å²) in [5.41, 5.74) is 2.18. The van der Waals surface area contributed by atoms with Crippen LogP contribution in [0.5, 0.6) is 5.75 Å². The molecule has 0 aliphatic heterocycles. The number of nitro benzene ring substituents is 1. The van der Waals surface area contributed by atoms with Gasteiger partial charge in [0.25, 0.3) is 5.69 Å². The average Bonchev–Trinajstić information content (AvgIpc) is 3.13. The number of phenolic OH excluding ortho intramolecular Hbond substituents is 1. The van der Waals surface area contributed by atoms with Crippen molar-refractivity contribution in [3.05, 3.63) is 78.7 Å². The number of aromatic nitrogens is 1. The summed E-state index contributed by atoms with van der Waals surface area (Å²) < 4.78 is 5.96. The van der Waals surface area contributed by atoms with Crippen LogP contribution < -0.4 is 0 Å². The van der Waals surface area contributed by atoms with Gasteiger partial charge >= 0.3 is 0 Å². The van der Waals surface area contributed by atoms with Crippen molar-refractivity contribution in [2.75, 3.05) is 0 Å². The summed E-state index contributed by atoms with van der Waals surface area (Å²) in [5, 5.41) is 22.1. The lowest BCUT2D eigenvalue weighted by Gasteiger charge is -2.02. The van der Waals surface area contributed by atoms with Gasteiger partial charge in [0.1, 0.15) is 11.3 Å². The van der Waals surface area contributed by atoms with Gasteiger partial charge in [-0.15, -0.1) is 0 Å². The third-order valence-electron chi connectivity index (χ3n) is 4.17. The zero-order valence-corrected chi connectivity index (χ0v) is 17.9. The van der Waals surface area contributed by atoms with E-state index in [0.717, 1.165) is 0 Å². The lowest BCUT2D eigenvalue weighted by atomic mass is 10.2. The first-order valence-electron chi connectivity index (χ1n) is 8.39. The molecule has 0 radical (unpaired) electrons. The van der Waals surface area contributed by atoms with Crippen LogP contribution in [0.1, 0.15) is 5.56 Å². The van der Waals surface area contributed by atoms with Crippen molar-refractivity contribution >= 4 is 67.8 Å². The Hall–Kier alpha value is -2.94. The number of non-ortho nitro benzene ring substituents is 1. The van der Waals surface area contributed by atoms with E-state index in [9.17, 15) is 15.2 Å². The minimum Gasteiger partial charge on any atom is -0.506 e. The predicted molar refractivity (Wildman–Crippen MR) is 119 cm³/mol. The second-order valence-electron chi connectivity index (χ2n) is 6.18. The van der Waals surface area contributed by atoms with E-state index in [1.54, 1.807) is 36.4 Å². The van der Waals surface area contributed by atoms with Crippen molar-refractivity contribution in [3.8, 4) is 17.2 Å². The molecular weight excluding hydrogens is 497 g/mol. The summed E-state index contributed by atoms with van der Waals surface area (Å²) in [6.07, 6.45) is 1.34. The third kappa shape index (κ3) is 4.02. The summed E-state index contributed by atoms with van der Waals surface area (Å²) in [5.74, 6) is 0.170. The van der Waals surface area contributed by atoms with E-state index >= 15 is 0 Å². The molecule has 150 valence electrons. The molecule has 4 aromatic rings. The summed E-state index contributed by atoms with van der Waals surface area (Å²) in [7, 11) is 0. The minimum absolute atomic E-state index is 0.148. The van der Waals surface area contributed by atoms with Crippen molar-refractivity contribution in [3.63, 3.8) is 0 Å². The Kier molecular flexibility index (Phi) is 5.46. The van der Waals surface area contributed by atoms with Gasteiger partial charge in [-0.25, -0.2) is 4.98 Å². The Morgan fingerprint density at radius 3 is 2.73 bits per heavy atom. The van der Waals surface area contributed by atoms with Crippen LogP contribution in [-0.4, -0.2) is 21.2 Å². The molecule has 0 spiro atoms.